The standard InChI is InChI=1S/C9H15NO/c1-2-4-8(5-3-1)9-6-7-10-11-9/h7-9H,1-6H2. The lowest BCUT2D eigenvalue weighted by molar-refractivity contribution is 0.0268. The maximum atomic E-state index is 5.26. The van der Waals surface area contributed by atoms with Crippen molar-refractivity contribution in [2.75, 3.05) is 0 Å². The lowest BCUT2D eigenvalue weighted by atomic mass is 9.84. The van der Waals surface area contributed by atoms with Crippen molar-refractivity contribution in [1.82, 2.24) is 0 Å². The van der Waals surface area contributed by atoms with E-state index in [1.807, 2.05) is 6.21 Å². The number of oxime groups is 1. The Bertz CT molecular complexity index is 142. The number of hydrogen-bond acceptors (Lipinski definition) is 2. The quantitative estimate of drug-likeness (QED) is 0.566. The molecule has 0 bridgehead atoms. The second-order valence-electron chi connectivity index (χ2n) is 3.57. The first-order chi connectivity index (χ1) is 5.47. The largest absolute Gasteiger partial charge is 0.392 e. The summed E-state index contributed by atoms with van der Waals surface area (Å²) in [5.74, 6) is 0.797. The Kier molecular flexibility index (Phi) is 2.11. The van der Waals surface area contributed by atoms with Gasteiger partial charge in [-0.3, -0.25) is 0 Å². The molecule has 0 amide bonds. The van der Waals surface area contributed by atoms with Gasteiger partial charge in [0.1, 0.15) is 6.10 Å². The minimum atomic E-state index is 0.426. The molecule has 0 radical (unpaired) electrons. The Hall–Kier alpha value is -0.530. The molecule has 2 aliphatic rings. The normalized spacial score (nSPS) is 32.2. The first kappa shape index (κ1) is 7.14. The summed E-state index contributed by atoms with van der Waals surface area (Å²) in [7, 11) is 0. The van der Waals surface area contributed by atoms with Crippen molar-refractivity contribution in [1.29, 1.82) is 0 Å². The molecule has 62 valence electrons. The minimum absolute atomic E-state index is 0.426. The van der Waals surface area contributed by atoms with E-state index in [0.29, 0.717) is 6.10 Å². The number of hydrogen-bond donors (Lipinski definition) is 0. The molecule has 1 heterocycles. The van der Waals surface area contributed by atoms with Crippen LogP contribution in [0.4, 0.5) is 0 Å². The molecule has 1 aliphatic carbocycles. The molecular formula is C9H15NO. The average Bonchev–Trinajstić information content (AvgIpc) is 2.58. The van der Waals surface area contributed by atoms with Crippen LogP contribution in [0.2, 0.25) is 0 Å². The lowest BCUT2D eigenvalue weighted by Gasteiger charge is -2.25. The molecule has 0 aromatic heterocycles. The summed E-state index contributed by atoms with van der Waals surface area (Å²) >= 11 is 0. The Morgan fingerprint density at radius 3 is 2.64 bits per heavy atom. The van der Waals surface area contributed by atoms with E-state index in [4.69, 9.17) is 4.84 Å². The van der Waals surface area contributed by atoms with Crippen molar-refractivity contribution in [3.63, 3.8) is 0 Å². The SMILES string of the molecule is C1=NOC(C2CCCCC2)C1. The van der Waals surface area contributed by atoms with E-state index >= 15 is 0 Å². The Morgan fingerprint density at radius 2 is 2.00 bits per heavy atom. The van der Waals surface area contributed by atoms with Crippen molar-refractivity contribution >= 4 is 6.21 Å². The zero-order valence-electron chi connectivity index (χ0n) is 6.83. The van der Waals surface area contributed by atoms with Crippen LogP contribution in [0.5, 0.6) is 0 Å². The second-order valence-corrected chi connectivity index (χ2v) is 3.57. The molecule has 11 heavy (non-hydrogen) atoms. The van der Waals surface area contributed by atoms with Gasteiger partial charge in [0.25, 0.3) is 0 Å². The molecule has 1 fully saturated rings. The fourth-order valence-corrected chi connectivity index (χ4v) is 2.10. The van der Waals surface area contributed by atoms with E-state index in [1.54, 1.807) is 0 Å². The van der Waals surface area contributed by atoms with Crippen molar-refractivity contribution in [3.05, 3.63) is 0 Å². The second kappa shape index (κ2) is 3.24. The van der Waals surface area contributed by atoms with Crippen molar-refractivity contribution in [2.24, 2.45) is 11.1 Å². The fourth-order valence-electron chi connectivity index (χ4n) is 2.10. The topological polar surface area (TPSA) is 21.6 Å². The highest BCUT2D eigenvalue weighted by atomic mass is 16.6. The number of rotatable bonds is 1. The van der Waals surface area contributed by atoms with E-state index in [-0.39, 0.29) is 0 Å². The molecule has 1 atom stereocenters. The first-order valence-electron chi connectivity index (χ1n) is 4.64. The van der Waals surface area contributed by atoms with Crippen molar-refractivity contribution in [3.8, 4) is 0 Å². The highest BCUT2D eigenvalue weighted by molar-refractivity contribution is 5.58. The molecule has 0 saturated heterocycles. The van der Waals surface area contributed by atoms with E-state index in [2.05, 4.69) is 5.16 Å². The summed E-state index contributed by atoms with van der Waals surface area (Å²) in [5.41, 5.74) is 0. The van der Waals surface area contributed by atoms with Crippen LogP contribution in [0.3, 0.4) is 0 Å². The average molecular weight is 153 g/mol. The van der Waals surface area contributed by atoms with Gasteiger partial charge >= 0.3 is 0 Å². The van der Waals surface area contributed by atoms with Gasteiger partial charge in [-0.05, 0) is 18.8 Å². The van der Waals surface area contributed by atoms with Crippen LogP contribution < -0.4 is 0 Å². The highest BCUT2D eigenvalue weighted by Crippen LogP contribution is 2.30. The van der Waals surface area contributed by atoms with Gasteiger partial charge in [-0.1, -0.05) is 24.4 Å². The van der Waals surface area contributed by atoms with Crippen LogP contribution in [-0.2, 0) is 4.84 Å². The summed E-state index contributed by atoms with van der Waals surface area (Å²) in [5, 5.41) is 3.81. The van der Waals surface area contributed by atoms with Gasteiger partial charge in [-0.25, -0.2) is 0 Å². The molecule has 2 heteroatoms. The molecule has 2 nitrogen and oxygen atoms in total. The molecule has 1 unspecified atom stereocenters. The lowest BCUT2D eigenvalue weighted by Crippen LogP contribution is -2.22. The Balaban J connectivity index is 1.83. The van der Waals surface area contributed by atoms with Gasteiger partial charge in [0.05, 0.1) is 0 Å². The Labute approximate surface area is 67.6 Å². The third-order valence-electron chi connectivity index (χ3n) is 2.78. The van der Waals surface area contributed by atoms with Crippen LogP contribution in [0.15, 0.2) is 5.16 Å². The predicted molar refractivity (Wildman–Crippen MR) is 44.6 cm³/mol. The third kappa shape index (κ3) is 1.55. The van der Waals surface area contributed by atoms with Gasteiger partial charge in [0, 0.05) is 12.6 Å². The summed E-state index contributed by atoms with van der Waals surface area (Å²) in [6.07, 6.45) is 10.3. The summed E-state index contributed by atoms with van der Waals surface area (Å²) in [4.78, 5) is 5.26. The molecule has 1 aliphatic heterocycles. The van der Waals surface area contributed by atoms with E-state index < -0.39 is 0 Å². The highest BCUT2D eigenvalue weighted by Gasteiger charge is 2.26. The van der Waals surface area contributed by atoms with Crippen LogP contribution in [-0.4, -0.2) is 12.3 Å². The zero-order valence-corrected chi connectivity index (χ0v) is 6.83. The van der Waals surface area contributed by atoms with Gasteiger partial charge in [0.15, 0.2) is 0 Å². The van der Waals surface area contributed by atoms with Crippen LogP contribution in [0.1, 0.15) is 38.5 Å². The van der Waals surface area contributed by atoms with Gasteiger partial charge < -0.3 is 4.84 Å². The van der Waals surface area contributed by atoms with Gasteiger partial charge in [-0.15, -0.1) is 0 Å². The maximum Gasteiger partial charge on any atom is 0.135 e. The summed E-state index contributed by atoms with van der Waals surface area (Å²) in [6, 6.07) is 0. The van der Waals surface area contributed by atoms with Crippen LogP contribution in [0.25, 0.3) is 0 Å². The van der Waals surface area contributed by atoms with Gasteiger partial charge in [0.2, 0.25) is 0 Å². The third-order valence-corrected chi connectivity index (χ3v) is 2.78. The molecule has 0 aromatic rings. The van der Waals surface area contributed by atoms with Crippen LogP contribution in [0, 0.1) is 5.92 Å². The van der Waals surface area contributed by atoms with E-state index in [0.717, 1.165) is 12.3 Å². The van der Waals surface area contributed by atoms with E-state index in [1.165, 1.54) is 32.1 Å². The first-order valence-corrected chi connectivity index (χ1v) is 4.64. The monoisotopic (exact) mass is 153 g/mol. The Morgan fingerprint density at radius 1 is 1.18 bits per heavy atom. The molecule has 1 saturated carbocycles. The predicted octanol–water partition coefficient (Wildman–Crippen LogP) is 2.34. The van der Waals surface area contributed by atoms with Gasteiger partial charge in [-0.2, -0.15) is 0 Å². The molecule has 2 rings (SSSR count). The minimum Gasteiger partial charge on any atom is -0.392 e. The summed E-state index contributed by atoms with van der Waals surface area (Å²) < 4.78 is 0. The number of nitrogens with zero attached hydrogens (tertiary/aromatic N) is 1. The van der Waals surface area contributed by atoms with E-state index in [9.17, 15) is 0 Å². The molecule has 0 spiro atoms. The molecular weight excluding hydrogens is 138 g/mol. The maximum absolute atomic E-state index is 5.26. The molecule has 0 N–H and O–H groups in total. The smallest absolute Gasteiger partial charge is 0.135 e. The van der Waals surface area contributed by atoms with Crippen molar-refractivity contribution < 1.29 is 4.84 Å². The van der Waals surface area contributed by atoms with Crippen molar-refractivity contribution in [2.45, 2.75) is 44.6 Å². The fraction of sp³-hybridized carbons (Fsp3) is 0.889. The van der Waals surface area contributed by atoms with Crippen LogP contribution >= 0.6 is 0 Å². The summed E-state index contributed by atoms with van der Waals surface area (Å²) in [6.45, 7) is 0. The molecule has 0 aromatic carbocycles. The zero-order chi connectivity index (χ0) is 7.52.